The SMILES string of the molecule is CC[C@H](O)[C@H]1O[C@H]1c1ccccc1. The molecule has 0 bridgehead atoms. The molecule has 1 aromatic rings. The van der Waals surface area contributed by atoms with Crippen molar-refractivity contribution >= 4 is 0 Å². The molecule has 13 heavy (non-hydrogen) atoms. The Morgan fingerprint density at radius 2 is 2.08 bits per heavy atom. The van der Waals surface area contributed by atoms with Gasteiger partial charge in [0, 0.05) is 0 Å². The van der Waals surface area contributed by atoms with Gasteiger partial charge in [-0.3, -0.25) is 0 Å². The minimum Gasteiger partial charge on any atom is -0.390 e. The molecule has 2 rings (SSSR count). The lowest BCUT2D eigenvalue weighted by molar-refractivity contribution is 0.131. The van der Waals surface area contributed by atoms with Gasteiger partial charge in [-0.1, -0.05) is 37.3 Å². The molecule has 1 aliphatic rings. The molecular weight excluding hydrogens is 164 g/mol. The topological polar surface area (TPSA) is 32.8 Å². The van der Waals surface area contributed by atoms with Crippen LogP contribution in [-0.4, -0.2) is 17.3 Å². The molecule has 0 aromatic heterocycles. The normalized spacial score (nSPS) is 28.5. The first-order chi connectivity index (χ1) is 6.33. The quantitative estimate of drug-likeness (QED) is 0.717. The minimum atomic E-state index is -0.315. The molecule has 1 N–H and O–H groups in total. The number of hydrogen-bond acceptors (Lipinski definition) is 2. The predicted molar refractivity (Wildman–Crippen MR) is 50.4 cm³/mol. The summed E-state index contributed by atoms with van der Waals surface area (Å²) in [5.41, 5.74) is 1.17. The van der Waals surface area contributed by atoms with Crippen LogP contribution in [0.3, 0.4) is 0 Å². The van der Waals surface area contributed by atoms with Gasteiger partial charge >= 0.3 is 0 Å². The number of ether oxygens (including phenoxy) is 1. The molecule has 3 atom stereocenters. The molecule has 2 heteroatoms. The van der Waals surface area contributed by atoms with Gasteiger partial charge in [-0.2, -0.15) is 0 Å². The Hall–Kier alpha value is -0.860. The molecule has 0 spiro atoms. The van der Waals surface area contributed by atoms with Crippen LogP contribution in [0.15, 0.2) is 30.3 Å². The average Bonchev–Trinajstić information content (AvgIpc) is 2.98. The third-order valence-corrected chi connectivity index (χ3v) is 2.45. The molecule has 0 unspecified atom stereocenters. The van der Waals surface area contributed by atoms with E-state index in [0.717, 1.165) is 6.42 Å². The van der Waals surface area contributed by atoms with E-state index in [1.165, 1.54) is 5.56 Å². The van der Waals surface area contributed by atoms with Gasteiger partial charge in [0.25, 0.3) is 0 Å². The fraction of sp³-hybridized carbons (Fsp3) is 0.455. The number of hydrogen-bond donors (Lipinski definition) is 1. The molecule has 0 aliphatic carbocycles. The number of benzene rings is 1. The predicted octanol–water partition coefficient (Wildman–Crippen LogP) is 1.90. The summed E-state index contributed by atoms with van der Waals surface area (Å²) in [4.78, 5) is 0. The van der Waals surface area contributed by atoms with Crippen molar-refractivity contribution in [3.05, 3.63) is 35.9 Å². The first kappa shape index (κ1) is 8.73. The lowest BCUT2D eigenvalue weighted by Gasteiger charge is -2.01. The third-order valence-electron chi connectivity index (χ3n) is 2.45. The highest BCUT2D eigenvalue weighted by atomic mass is 16.6. The van der Waals surface area contributed by atoms with Gasteiger partial charge < -0.3 is 9.84 Å². The van der Waals surface area contributed by atoms with E-state index < -0.39 is 0 Å². The van der Waals surface area contributed by atoms with Crippen LogP contribution in [-0.2, 0) is 4.74 Å². The molecule has 70 valence electrons. The molecule has 0 amide bonds. The lowest BCUT2D eigenvalue weighted by Crippen LogP contribution is -2.13. The van der Waals surface area contributed by atoms with Crippen LogP contribution in [0, 0.1) is 0 Å². The Bertz CT molecular complexity index is 271. The Kier molecular flexibility index (Phi) is 2.34. The van der Waals surface area contributed by atoms with Crippen molar-refractivity contribution in [2.75, 3.05) is 0 Å². The average molecular weight is 178 g/mol. The standard InChI is InChI=1S/C11H14O2/c1-2-9(12)11-10(13-11)8-6-4-3-5-7-8/h3-7,9-12H,2H2,1H3/t9-,10-,11+/m0/s1. The van der Waals surface area contributed by atoms with Gasteiger partial charge in [-0.05, 0) is 12.0 Å². The molecule has 0 radical (unpaired) electrons. The molecular formula is C11H14O2. The van der Waals surface area contributed by atoms with Crippen molar-refractivity contribution in [3.8, 4) is 0 Å². The summed E-state index contributed by atoms with van der Waals surface area (Å²) in [5, 5.41) is 9.50. The second kappa shape index (κ2) is 3.48. The maximum atomic E-state index is 9.50. The first-order valence-electron chi connectivity index (χ1n) is 4.71. The Morgan fingerprint density at radius 1 is 1.38 bits per heavy atom. The van der Waals surface area contributed by atoms with Crippen LogP contribution in [0.5, 0.6) is 0 Å². The zero-order valence-electron chi connectivity index (χ0n) is 7.68. The van der Waals surface area contributed by atoms with E-state index >= 15 is 0 Å². The number of rotatable bonds is 3. The van der Waals surface area contributed by atoms with Crippen LogP contribution in [0.4, 0.5) is 0 Å². The van der Waals surface area contributed by atoms with Crippen molar-refractivity contribution < 1.29 is 9.84 Å². The second-order valence-corrected chi connectivity index (χ2v) is 3.41. The van der Waals surface area contributed by atoms with Crippen molar-refractivity contribution in [1.29, 1.82) is 0 Å². The Balaban J connectivity index is 2.00. The number of aliphatic hydroxyl groups excluding tert-OH is 1. The second-order valence-electron chi connectivity index (χ2n) is 3.41. The zero-order valence-corrected chi connectivity index (χ0v) is 7.68. The van der Waals surface area contributed by atoms with Crippen LogP contribution < -0.4 is 0 Å². The highest BCUT2D eigenvalue weighted by molar-refractivity contribution is 5.22. The van der Waals surface area contributed by atoms with Gasteiger partial charge in [-0.15, -0.1) is 0 Å². The molecule has 1 aromatic carbocycles. The van der Waals surface area contributed by atoms with E-state index in [4.69, 9.17) is 4.74 Å². The zero-order chi connectivity index (χ0) is 9.26. The van der Waals surface area contributed by atoms with Crippen molar-refractivity contribution in [2.24, 2.45) is 0 Å². The van der Waals surface area contributed by atoms with E-state index in [1.807, 2.05) is 37.3 Å². The monoisotopic (exact) mass is 178 g/mol. The van der Waals surface area contributed by atoms with E-state index in [0.29, 0.717) is 0 Å². The van der Waals surface area contributed by atoms with E-state index in [2.05, 4.69) is 0 Å². The third kappa shape index (κ3) is 1.74. The van der Waals surface area contributed by atoms with Gasteiger partial charge in [0.1, 0.15) is 12.2 Å². The maximum absolute atomic E-state index is 9.50. The Labute approximate surface area is 78.2 Å². The van der Waals surface area contributed by atoms with Crippen molar-refractivity contribution in [1.82, 2.24) is 0 Å². The number of epoxide rings is 1. The summed E-state index contributed by atoms with van der Waals surface area (Å²) in [6, 6.07) is 10.0. The highest BCUT2D eigenvalue weighted by Gasteiger charge is 2.44. The highest BCUT2D eigenvalue weighted by Crippen LogP contribution is 2.41. The lowest BCUT2D eigenvalue weighted by atomic mass is 10.1. The summed E-state index contributed by atoms with van der Waals surface area (Å²) in [6.07, 6.45) is 0.585. The van der Waals surface area contributed by atoms with Gasteiger partial charge in [0.05, 0.1) is 6.10 Å². The van der Waals surface area contributed by atoms with Crippen molar-refractivity contribution in [2.45, 2.75) is 31.7 Å². The van der Waals surface area contributed by atoms with Gasteiger partial charge in [0.2, 0.25) is 0 Å². The Morgan fingerprint density at radius 3 is 2.69 bits per heavy atom. The molecule has 0 saturated carbocycles. The van der Waals surface area contributed by atoms with E-state index in [1.54, 1.807) is 0 Å². The van der Waals surface area contributed by atoms with Gasteiger partial charge in [-0.25, -0.2) is 0 Å². The van der Waals surface area contributed by atoms with Crippen LogP contribution in [0.25, 0.3) is 0 Å². The summed E-state index contributed by atoms with van der Waals surface area (Å²) in [7, 11) is 0. The summed E-state index contributed by atoms with van der Waals surface area (Å²) >= 11 is 0. The molecule has 1 saturated heterocycles. The largest absolute Gasteiger partial charge is 0.390 e. The van der Waals surface area contributed by atoms with Crippen LogP contribution in [0.2, 0.25) is 0 Å². The summed E-state index contributed by atoms with van der Waals surface area (Å²) < 4.78 is 5.41. The fourth-order valence-corrected chi connectivity index (χ4v) is 1.56. The van der Waals surface area contributed by atoms with Crippen LogP contribution in [0.1, 0.15) is 25.0 Å². The smallest absolute Gasteiger partial charge is 0.115 e. The summed E-state index contributed by atoms with van der Waals surface area (Å²) in [5.74, 6) is 0. The van der Waals surface area contributed by atoms with E-state index in [-0.39, 0.29) is 18.3 Å². The molecule has 1 aliphatic heterocycles. The molecule has 2 nitrogen and oxygen atoms in total. The van der Waals surface area contributed by atoms with Gasteiger partial charge in [0.15, 0.2) is 0 Å². The number of aliphatic hydroxyl groups is 1. The molecule has 1 heterocycles. The maximum Gasteiger partial charge on any atom is 0.115 e. The van der Waals surface area contributed by atoms with E-state index in [9.17, 15) is 5.11 Å². The minimum absolute atomic E-state index is 0.0207. The van der Waals surface area contributed by atoms with Crippen molar-refractivity contribution in [3.63, 3.8) is 0 Å². The molecule has 1 fully saturated rings. The summed E-state index contributed by atoms with van der Waals surface area (Å²) in [6.45, 7) is 1.97. The van der Waals surface area contributed by atoms with Crippen LogP contribution >= 0.6 is 0 Å². The fourth-order valence-electron chi connectivity index (χ4n) is 1.56. The first-order valence-corrected chi connectivity index (χ1v) is 4.71.